The summed E-state index contributed by atoms with van der Waals surface area (Å²) >= 11 is 0. The second-order valence-corrected chi connectivity index (χ2v) is 14.1. The van der Waals surface area contributed by atoms with Crippen LogP contribution >= 0.6 is 0 Å². The average molecular weight is 483 g/mol. The zero-order chi connectivity index (χ0) is 24.1. The van der Waals surface area contributed by atoms with E-state index in [1.807, 2.05) is 12.1 Å². The highest BCUT2D eigenvalue weighted by molar-refractivity contribution is 6.00. The normalized spacial score (nSPS) is 41.6. The highest BCUT2D eigenvalue weighted by atomic mass is 16.2. The van der Waals surface area contributed by atoms with Crippen molar-refractivity contribution in [3.05, 3.63) is 36.4 Å². The van der Waals surface area contributed by atoms with Crippen LogP contribution < -0.4 is 10.6 Å². The van der Waals surface area contributed by atoms with Crippen molar-refractivity contribution in [3.63, 3.8) is 0 Å². The minimum Gasteiger partial charge on any atom is -0.326 e. The molecule has 0 unspecified atom stereocenters. The number of anilines is 2. The van der Waals surface area contributed by atoms with E-state index in [-0.39, 0.29) is 22.6 Å². The van der Waals surface area contributed by atoms with Crippen LogP contribution in [0.25, 0.3) is 10.8 Å². The molecule has 2 N–H and O–H groups in total. The molecule has 0 atom stereocenters. The summed E-state index contributed by atoms with van der Waals surface area (Å²) in [5.41, 5.74) is 1.48. The number of benzene rings is 2. The zero-order valence-corrected chi connectivity index (χ0v) is 21.2. The van der Waals surface area contributed by atoms with E-state index in [0.717, 1.165) is 96.2 Å². The first-order chi connectivity index (χ1) is 17.4. The van der Waals surface area contributed by atoms with Crippen molar-refractivity contribution < 1.29 is 9.59 Å². The highest BCUT2D eigenvalue weighted by Gasteiger charge is 2.55. The van der Waals surface area contributed by atoms with Gasteiger partial charge in [0.1, 0.15) is 0 Å². The van der Waals surface area contributed by atoms with Crippen molar-refractivity contribution in [3.8, 4) is 0 Å². The van der Waals surface area contributed by atoms with Gasteiger partial charge in [0.05, 0.1) is 10.8 Å². The van der Waals surface area contributed by atoms with Crippen molar-refractivity contribution in [2.75, 3.05) is 10.6 Å². The summed E-state index contributed by atoms with van der Waals surface area (Å²) < 4.78 is 0. The van der Waals surface area contributed by atoms with E-state index in [4.69, 9.17) is 0 Å². The fourth-order valence-electron chi connectivity index (χ4n) is 10.7. The molecule has 10 rings (SSSR count). The first kappa shape index (κ1) is 21.7. The van der Waals surface area contributed by atoms with Gasteiger partial charge >= 0.3 is 0 Å². The zero-order valence-electron chi connectivity index (χ0n) is 21.2. The lowest BCUT2D eigenvalue weighted by molar-refractivity contribution is -0.141. The third-order valence-corrected chi connectivity index (χ3v) is 11.4. The Hall–Kier alpha value is -2.36. The molecule has 8 aliphatic rings. The maximum atomic E-state index is 13.6. The SMILES string of the molecule is O=C(Nc1ccc2ccc(NC(=O)C34CC5CC(CC(C5)C3)C4)cc2c1)C12CC3CC(CC(C3)C1)C2. The van der Waals surface area contributed by atoms with Crippen LogP contribution in [-0.2, 0) is 9.59 Å². The Morgan fingerprint density at radius 2 is 0.861 bits per heavy atom. The molecule has 8 bridgehead atoms. The summed E-state index contributed by atoms with van der Waals surface area (Å²) in [4.78, 5) is 27.1. The number of carbonyl (C=O) groups excluding carboxylic acids is 2. The predicted molar refractivity (Wildman–Crippen MR) is 142 cm³/mol. The Morgan fingerprint density at radius 1 is 0.528 bits per heavy atom. The predicted octanol–water partition coefficient (Wildman–Crippen LogP) is 7.15. The number of nitrogens with one attached hydrogen (secondary N) is 2. The van der Waals surface area contributed by atoms with Gasteiger partial charge < -0.3 is 10.6 Å². The molecule has 188 valence electrons. The van der Waals surface area contributed by atoms with E-state index in [1.165, 1.54) is 38.5 Å². The first-order valence-corrected chi connectivity index (χ1v) is 14.6. The Kier molecular flexibility index (Phi) is 4.57. The van der Waals surface area contributed by atoms with Gasteiger partial charge in [0.25, 0.3) is 0 Å². The number of carbonyl (C=O) groups is 2. The van der Waals surface area contributed by atoms with Gasteiger partial charge in [-0.2, -0.15) is 0 Å². The maximum absolute atomic E-state index is 13.6. The molecular weight excluding hydrogens is 444 g/mol. The van der Waals surface area contributed by atoms with Gasteiger partial charge in [-0.3, -0.25) is 9.59 Å². The standard InChI is InChI=1S/C32H38N2O2/c35-29(31-13-19-5-20(14-31)7-21(6-19)15-31)33-27-3-1-25-2-4-28(12-26(25)11-27)34-30(36)32-16-22-8-23(17-32)10-24(9-22)18-32/h1-4,11-12,19-24H,5-10,13-18H2,(H,33,35)(H,34,36). The quantitative estimate of drug-likeness (QED) is 0.486. The van der Waals surface area contributed by atoms with Crippen LogP contribution in [0.4, 0.5) is 11.4 Å². The van der Waals surface area contributed by atoms with Crippen molar-refractivity contribution >= 4 is 34.0 Å². The van der Waals surface area contributed by atoms with Crippen LogP contribution in [-0.4, -0.2) is 11.8 Å². The van der Waals surface area contributed by atoms with Crippen LogP contribution in [0.5, 0.6) is 0 Å². The van der Waals surface area contributed by atoms with Crippen molar-refractivity contribution in [1.29, 1.82) is 0 Å². The third-order valence-electron chi connectivity index (χ3n) is 11.4. The van der Waals surface area contributed by atoms with Gasteiger partial charge in [-0.25, -0.2) is 0 Å². The molecule has 4 heteroatoms. The molecule has 0 saturated heterocycles. The number of rotatable bonds is 4. The summed E-state index contributed by atoms with van der Waals surface area (Å²) in [6, 6.07) is 12.4. The molecule has 0 aromatic heterocycles. The fraction of sp³-hybridized carbons (Fsp3) is 0.625. The van der Waals surface area contributed by atoms with E-state index in [2.05, 4.69) is 34.9 Å². The fourth-order valence-corrected chi connectivity index (χ4v) is 10.7. The van der Waals surface area contributed by atoms with E-state index >= 15 is 0 Å². The molecule has 0 aliphatic heterocycles. The molecule has 0 spiro atoms. The summed E-state index contributed by atoms with van der Waals surface area (Å²) in [5.74, 6) is 5.06. The lowest BCUT2D eigenvalue weighted by Gasteiger charge is -2.55. The molecule has 8 aliphatic carbocycles. The van der Waals surface area contributed by atoms with E-state index in [0.29, 0.717) is 0 Å². The lowest BCUT2D eigenvalue weighted by Crippen LogP contribution is -2.51. The molecule has 2 amide bonds. The second-order valence-electron chi connectivity index (χ2n) is 14.1. The van der Waals surface area contributed by atoms with Gasteiger partial charge in [-0.15, -0.1) is 0 Å². The topological polar surface area (TPSA) is 58.2 Å². The number of amides is 2. The Balaban J connectivity index is 1.01. The van der Waals surface area contributed by atoms with Crippen molar-refractivity contribution in [1.82, 2.24) is 0 Å². The van der Waals surface area contributed by atoms with Crippen LogP contribution in [0.15, 0.2) is 36.4 Å². The van der Waals surface area contributed by atoms with Gasteiger partial charge in [0, 0.05) is 11.4 Å². The summed E-state index contributed by atoms with van der Waals surface area (Å²) in [6.07, 6.45) is 14.6. The van der Waals surface area contributed by atoms with E-state index in [1.54, 1.807) is 0 Å². The van der Waals surface area contributed by atoms with Crippen LogP contribution in [0.1, 0.15) is 77.0 Å². The van der Waals surface area contributed by atoms with Gasteiger partial charge in [-0.05, 0) is 148 Å². The molecular formula is C32H38N2O2. The average Bonchev–Trinajstić information content (AvgIpc) is 2.82. The number of hydrogen-bond acceptors (Lipinski definition) is 2. The minimum absolute atomic E-state index is 0.141. The summed E-state index contributed by atoms with van der Waals surface area (Å²) in [5, 5.41) is 8.83. The van der Waals surface area contributed by atoms with Gasteiger partial charge in [0.15, 0.2) is 0 Å². The minimum atomic E-state index is -0.141. The second kappa shape index (κ2) is 7.58. The molecule has 0 radical (unpaired) electrons. The van der Waals surface area contributed by atoms with Crippen molar-refractivity contribution in [2.45, 2.75) is 77.0 Å². The van der Waals surface area contributed by atoms with Crippen LogP contribution in [0.3, 0.4) is 0 Å². The third kappa shape index (κ3) is 3.39. The lowest BCUT2D eigenvalue weighted by atomic mass is 9.49. The van der Waals surface area contributed by atoms with Gasteiger partial charge in [0.2, 0.25) is 11.8 Å². The molecule has 4 nitrogen and oxygen atoms in total. The van der Waals surface area contributed by atoms with E-state index in [9.17, 15) is 9.59 Å². The molecule has 8 fully saturated rings. The van der Waals surface area contributed by atoms with E-state index < -0.39 is 0 Å². The smallest absolute Gasteiger partial charge is 0.230 e. The Bertz CT molecular complexity index is 1100. The molecule has 36 heavy (non-hydrogen) atoms. The van der Waals surface area contributed by atoms with Crippen LogP contribution in [0, 0.1) is 46.3 Å². The highest BCUT2D eigenvalue weighted by Crippen LogP contribution is 2.61. The molecule has 0 heterocycles. The summed E-state index contributed by atoms with van der Waals surface area (Å²) in [7, 11) is 0. The number of fused-ring (bicyclic) bond motifs is 1. The maximum Gasteiger partial charge on any atom is 0.230 e. The summed E-state index contributed by atoms with van der Waals surface area (Å²) in [6.45, 7) is 0. The molecule has 2 aromatic carbocycles. The first-order valence-electron chi connectivity index (χ1n) is 14.6. The van der Waals surface area contributed by atoms with Crippen molar-refractivity contribution in [2.24, 2.45) is 46.3 Å². The van der Waals surface area contributed by atoms with Gasteiger partial charge in [-0.1, -0.05) is 12.1 Å². The van der Waals surface area contributed by atoms with Crippen LogP contribution in [0.2, 0.25) is 0 Å². The molecule has 8 saturated carbocycles. The Morgan fingerprint density at radius 3 is 1.19 bits per heavy atom. The monoisotopic (exact) mass is 482 g/mol. The number of hydrogen-bond donors (Lipinski definition) is 2. The largest absolute Gasteiger partial charge is 0.326 e. The molecule has 2 aromatic rings. The Labute approximate surface area is 214 Å².